The van der Waals surface area contributed by atoms with Crippen molar-refractivity contribution in [1.82, 2.24) is 16.0 Å². The number of hydrogen-bond acceptors (Lipinski definition) is 4. The van der Waals surface area contributed by atoms with Crippen LogP contribution in [0.15, 0.2) is 24.3 Å². The minimum absolute atomic E-state index is 0.172. The number of hydrogen-bond donors (Lipinski definition) is 3. The maximum absolute atomic E-state index is 12.8. The van der Waals surface area contributed by atoms with E-state index in [0.717, 1.165) is 5.56 Å². The fraction of sp³-hybridized carbons (Fsp3) is 0.500. The Kier molecular flexibility index (Phi) is 8.54. The normalized spacial score (nSPS) is 10.8. The first-order chi connectivity index (χ1) is 12.2. The molecule has 8 heteroatoms. The molecule has 0 radical (unpaired) electrons. The zero-order valence-electron chi connectivity index (χ0n) is 15.4. The number of carbonyl (C=O) groups excluding carboxylic acids is 3. The van der Waals surface area contributed by atoms with E-state index in [4.69, 9.17) is 4.74 Å². The van der Waals surface area contributed by atoms with E-state index in [1.807, 2.05) is 0 Å². The van der Waals surface area contributed by atoms with E-state index in [0.29, 0.717) is 19.5 Å². The van der Waals surface area contributed by atoms with Gasteiger partial charge < -0.3 is 20.7 Å². The van der Waals surface area contributed by atoms with Gasteiger partial charge in [-0.1, -0.05) is 12.1 Å². The van der Waals surface area contributed by atoms with E-state index in [1.54, 1.807) is 32.9 Å². The van der Waals surface area contributed by atoms with Crippen molar-refractivity contribution in [3.05, 3.63) is 35.6 Å². The highest BCUT2D eigenvalue weighted by Crippen LogP contribution is 2.06. The molecule has 0 aliphatic rings. The van der Waals surface area contributed by atoms with E-state index >= 15 is 0 Å². The summed E-state index contributed by atoms with van der Waals surface area (Å²) >= 11 is 0. The van der Waals surface area contributed by atoms with Crippen LogP contribution in [0.1, 0.15) is 32.8 Å². The van der Waals surface area contributed by atoms with Crippen LogP contribution >= 0.6 is 0 Å². The molecule has 0 bridgehead atoms. The number of ether oxygens (including phenoxy) is 1. The van der Waals surface area contributed by atoms with Crippen molar-refractivity contribution in [2.24, 2.45) is 0 Å². The van der Waals surface area contributed by atoms with Crippen LogP contribution in [-0.4, -0.2) is 43.1 Å². The summed E-state index contributed by atoms with van der Waals surface area (Å²) in [7, 11) is 0. The summed E-state index contributed by atoms with van der Waals surface area (Å²) in [4.78, 5) is 34.7. The van der Waals surface area contributed by atoms with Gasteiger partial charge in [0.1, 0.15) is 11.4 Å². The van der Waals surface area contributed by atoms with Gasteiger partial charge in [-0.2, -0.15) is 0 Å². The second-order valence-corrected chi connectivity index (χ2v) is 6.71. The Morgan fingerprint density at radius 1 is 0.962 bits per heavy atom. The van der Waals surface area contributed by atoms with Crippen LogP contribution in [0, 0.1) is 5.82 Å². The average Bonchev–Trinajstić information content (AvgIpc) is 2.53. The SMILES string of the molecule is CC(C)(C)OC(=O)NCC(=O)NCCCNC(=O)Cc1ccc(F)cc1. The Morgan fingerprint density at radius 3 is 2.12 bits per heavy atom. The van der Waals surface area contributed by atoms with Crippen LogP contribution in [-0.2, 0) is 20.7 Å². The minimum atomic E-state index is -0.652. The van der Waals surface area contributed by atoms with E-state index < -0.39 is 11.7 Å². The maximum Gasteiger partial charge on any atom is 0.408 e. The number of benzene rings is 1. The fourth-order valence-electron chi connectivity index (χ4n) is 1.92. The molecule has 0 aliphatic carbocycles. The van der Waals surface area contributed by atoms with Crippen LogP contribution in [0.4, 0.5) is 9.18 Å². The van der Waals surface area contributed by atoms with Crippen LogP contribution in [0.25, 0.3) is 0 Å². The fourth-order valence-corrected chi connectivity index (χ4v) is 1.92. The predicted molar refractivity (Wildman–Crippen MR) is 95.0 cm³/mol. The van der Waals surface area contributed by atoms with Crippen molar-refractivity contribution in [3.8, 4) is 0 Å². The zero-order valence-corrected chi connectivity index (χ0v) is 15.4. The molecule has 0 aliphatic heterocycles. The van der Waals surface area contributed by atoms with Crippen LogP contribution in [0.2, 0.25) is 0 Å². The Balaban J connectivity index is 2.09. The standard InChI is InChI=1S/C18H26FN3O4/c1-18(2,3)26-17(25)22-12-16(24)21-10-4-9-20-15(23)11-13-5-7-14(19)8-6-13/h5-8H,4,9-12H2,1-3H3,(H,20,23)(H,21,24)(H,22,25). The van der Waals surface area contributed by atoms with Gasteiger partial charge in [0.25, 0.3) is 0 Å². The first-order valence-electron chi connectivity index (χ1n) is 8.40. The van der Waals surface area contributed by atoms with E-state index in [9.17, 15) is 18.8 Å². The summed E-state index contributed by atoms with van der Waals surface area (Å²) < 4.78 is 17.8. The number of amides is 3. The molecule has 1 aromatic carbocycles. The van der Waals surface area contributed by atoms with E-state index in [1.165, 1.54) is 12.1 Å². The molecule has 0 aromatic heterocycles. The molecule has 26 heavy (non-hydrogen) atoms. The molecule has 7 nitrogen and oxygen atoms in total. The van der Waals surface area contributed by atoms with Crippen molar-refractivity contribution in [1.29, 1.82) is 0 Å². The second-order valence-electron chi connectivity index (χ2n) is 6.71. The van der Waals surface area contributed by atoms with Gasteiger partial charge >= 0.3 is 6.09 Å². The lowest BCUT2D eigenvalue weighted by Crippen LogP contribution is -2.40. The number of nitrogens with one attached hydrogen (secondary N) is 3. The molecule has 144 valence electrons. The monoisotopic (exact) mass is 367 g/mol. The largest absolute Gasteiger partial charge is 0.444 e. The number of halogens is 1. The number of carbonyl (C=O) groups is 3. The lowest BCUT2D eigenvalue weighted by molar-refractivity contribution is -0.120. The number of rotatable bonds is 8. The van der Waals surface area contributed by atoms with Gasteiger partial charge in [-0.15, -0.1) is 0 Å². The van der Waals surface area contributed by atoms with Gasteiger partial charge in [0.05, 0.1) is 13.0 Å². The molecule has 3 N–H and O–H groups in total. The highest BCUT2D eigenvalue weighted by molar-refractivity contribution is 5.82. The maximum atomic E-state index is 12.8. The van der Waals surface area contributed by atoms with Gasteiger partial charge in [-0.05, 0) is 44.9 Å². The smallest absolute Gasteiger partial charge is 0.408 e. The summed E-state index contributed by atoms with van der Waals surface area (Å²) in [6.45, 7) is 5.79. The van der Waals surface area contributed by atoms with Gasteiger partial charge in [0.2, 0.25) is 11.8 Å². The van der Waals surface area contributed by atoms with Gasteiger partial charge in [0.15, 0.2) is 0 Å². The third-order valence-corrected chi connectivity index (χ3v) is 3.07. The summed E-state index contributed by atoms with van der Waals surface area (Å²) in [6, 6.07) is 5.74. The molecule has 0 saturated heterocycles. The van der Waals surface area contributed by atoms with Crippen molar-refractivity contribution in [3.63, 3.8) is 0 Å². The zero-order chi connectivity index (χ0) is 19.6. The van der Waals surface area contributed by atoms with E-state index in [2.05, 4.69) is 16.0 Å². The Hall–Kier alpha value is -2.64. The van der Waals surface area contributed by atoms with Crippen LogP contribution in [0.5, 0.6) is 0 Å². The second kappa shape index (κ2) is 10.4. The van der Waals surface area contributed by atoms with Gasteiger partial charge in [-0.25, -0.2) is 9.18 Å². The highest BCUT2D eigenvalue weighted by atomic mass is 19.1. The van der Waals surface area contributed by atoms with Crippen molar-refractivity contribution in [2.45, 2.75) is 39.2 Å². The summed E-state index contributed by atoms with van der Waals surface area (Å²) in [6.07, 6.45) is 0.0699. The summed E-state index contributed by atoms with van der Waals surface area (Å²) in [5.41, 5.74) is 0.109. The Labute approximate surface area is 152 Å². The third kappa shape index (κ3) is 10.3. The molecule has 1 aromatic rings. The van der Waals surface area contributed by atoms with E-state index in [-0.39, 0.29) is 30.6 Å². The van der Waals surface area contributed by atoms with Crippen LogP contribution in [0.3, 0.4) is 0 Å². The summed E-state index contributed by atoms with van der Waals surface area (Å²) in [5, 5.41) is 7.71. The lowest BCUT2D eigenvalue weighted by atomic mass is 10.1. The molecule has 0 fully saturated rings. The number of alkyl carbamates (subject to hydrolysis) is 1. The molecule has 0 atom stereocenters. The topological polar surface area (TPSA) is 96.5 Å². The van der Waals surface area contributed by atoms with Gasteiger partial charge in [-0.3, -0.25) is 9.59 Å². The molecular weight excluding hydrogens is 341 g/mol. The predicted octanol–water partition coefficient (Wildman–Crippen LogP) is 1.52. The lowest BCUT2D eigenvalue weighted by Gasteiger charge is -2.19. The van der Waals surface area contributed by atoms with Crippen molar-refractivity contribution >= 4 is 17.9 Å². The molecular formula is C18H26FN3O4. The van der Waals surface area contributed by atoms with Gasteiger partial charge in [0, 0.05) is 13.1 Å². The molecule has 0 saturated carbocycles. The Morgan fingerprint density at radius 2 is 1.54 bits per heavy atom. The van der Waals surface area contributed by atoms with Crippen molar-refractivity contribution < 1.29 is 23.5 Å². The van der Waals surface area contributed by atoms with Crippen molar-refractivity contribution in [2.75, 3.05) is 19.6 Å². The first kappa shape index (κ1) is 21.4. The third-order valence-electron chi connectivity index (χ3n) is 3.07. The average molecular weight is 367 g/mol. The Bertz CT molecular complexity index is 612. The molecule has 0 spiro atoms. The molecule has 0 unspecified atom stereocenters. The minimum Gasteiger partial charge on any atom is -0.444 e. The molecule has 3 amide bonds. The molecule has 1 rings (SSSR count). The highest BCUT2D eigenvalue weighted by Gasteiger charge is 2.16. The molecule has 0 heterocycles. The van der Waals surface area contributed by atoms with Crippen LogP contribution < -0.4 is 16.0 Å². The summed E-state index contributed by atoms with van der Waals surface area (Å²) in [5.74, 6) is -0.853. The first-order valence-corrected chi connectivity index (χ1v) is 8.40. The quantitative estimate of drug-likeness (QED) is 0.607.